The van der Waals surface area contributed by atoms with E-state index in [4.69, 9.17) is 9.47 Å². The summed E-state index contributed by atoms with van der Waals surface area (Å²) >= 11 is 3.46. The Bertz CT molecular complexity index is 973. The SMILES string of the molecule is COc1cc(/C=C2\NC(=O)N(Cc3ccc(F)cc3)C2=O)cc(Br)c1OC(C)C. The number of methoxy groups -OCH3 is 1. The molecule has 0 bridgehead atoms. The van der Waals surface area contributed by atoms with Crippen LogP contribution in [-0.4, -0.2) is 30.1 Å². The number of imide groups is 1. The third kappa shape index (κ3) is 4.76. The van der Waals surface area contributed by atoms with Crippen LogP contribution in [0, 0.1) is 5.82 Å². The van der Waals surface area contributed by atoms with Gasteiger partial charge in [0.15, 0.2) is 11.5 Å². The first-order chi connectivity index (χ1) is 13.8. The lowest BCUT2D eigenvalue weighted by atomic mass is 10.1. The maximum Gasteiger partial charge on any atom is 0.329 e. The van der Waals surface area contributed by atoms with Crippen LogP contribution < -0.4 is 14.8 Å². The second-order valence-electron chi connectivity index (χ2n) is 6.71. The monoisotopic (exact) mass is 462 g/mol. The van der Waals surface area contributed by atoms with E-state index in [0.29, 0.717) is 27.1 Å². The van der Waals surface area contributed by atoms with Gasteiger partial charge in [-0.1, -0.05) is 12.1 Å². The molecule has 1 heterocycles. The van der Waals surface area contributed by atoms with E-state index in [-0.39, 0.29) is 24.2 Å². The molecule has 0 spiro atoms. The van der Waals surface area contributed by atoms with Crippen LogP contribution in [-0.2, 0) is 11.3 Å². The first kappa shape index (κ1) is 20.9. The summed E-state index contributed by atoms with van der Waals surface area (Å²) in [6.07, 6.45) is 1.53. The van der Waals surface area contributed by atoms with Crippen molar-refractivity contribution < 1.29 is 23.5 Å². The molecule has 2 aromatic rings. The molecular formula is C21H20BrFN2O4. The largest absolute Gasteiger partial charge is 0.493 e. The van der Waals surface area contributed by atoms with E-state index in [0.717, 1.165) is 4.90 Å². The van der Waals surface area contributed by atoms with Crippen LogP contribution in [0.4, 0.5) is 9.18 Å². The van der Waals surface area contributed by atoms with Crippen molar-refractivity contribution in [3.05, 3.63) is 63.5 Å². The fourth-order valence-electron chi connectivity index (χ4n) is 2.83. The first-order valence-corrected chi connectivity index (χ1v) is 9.71. The molecule has 0 atom stereocenters. The number of nitrogens with one attached hydrogen (secondary N) is 1. The van der Waals surface area contributed by atoms with Gasteiger partial charge in [0.1, 0.15) is 11.5 Å². The normalized spacial score (nSPS) is 15.2. The summed E-state index contributed by atoms with van der Waals surface area (Å²) in [6.45, 7) is 3.87. The lowest BCUT2D eigenvalue weighted by Crippen LogP contribution is -2.30. The van der Waals surface area contributed by atoms with Crippen LogP contribution in [0.3, 0.4) is 0 Å². The van der Waals surface area contributed by atoms with E-state index in [1.807, 2.05) is 13.8 Å². The Morgan fingerprint density at radius 1 is 1.21 bits per heavy atom. The van der Waals surface area contributed by atoms with Gasteiger partial charge in [-0.3, -0.25) is 9.69 Å². The fourth-order valence-corrected chi connectivity index (χ4v) is 3.38. The molecule has 0 unspecified atom stereocenters. The topological polar surface area (TPSA) is 67.9 Å². The van der Waals surface area contributed by atoms with Crippen molar-refractivity contribution in [3.8, 4) is 11.5 Å². The molecule has 0 aromatic heterocycles. The number of urea groups is 1. The molecule has 152 valence electrons. The standard InChI is InChI=1S/C21H20BrFN2O4/c1-12(2)29-19-16(22)8-14(10-18(19)28-3)9-17-20(26)25(21(27)24-17)11-13-4-6-15(23)7-5-13/h4-10,12H,11H2,1-3H3,(H,24,27)/b17-9-. The minimum atomic E-state index is -0.531. The number of hydrogen-bond acceptors (Lipinski definition) is 4. The molecular weight excluding hydrogens is 443 g/mol. The van der Waals surface area contributed by atoms with Crippen molar-refractivity contribution >= 4 is 33.9 Å². The smallest absolute Gasteiger partial charge is 0.329 e. The molecule has 0 saturated carbocycles. The van der Waals surface area contributed by atoms with Crippen molar-refractivity contribution in [2.75, 3.05) is 7.11 Å². The summed E-state index contributed by atoms with van der Waals surface area (Å²) in [4.78, 5) is 26.0. The summed E-state index contributed by atoms with van der Waals surface area (Å²) in [6, 6.07) is 8.60. The number of halogens is 2. The number of ether oxygens (including phenoxy) is 2. The van der Waals surface area contributed by atoms with Gasteiger partial charge in [0.05, 0.1) is 24.2 Å². The molecule has 1 fully saturated rings. The van der Waals surface area contributed by atoms with Crippen molar-refractivity contribution in [2.24, 2.45) is 0 Å². The average Bonchev–Trinajstić information content (AvgIpc) is 2.92. The van der Waals surface area contributed by atoms with Gasteiger partial charge >= 0.3 is 6.03 Å². The maximum atomic E-state index is 13.1. The fraction of sp³-hybridized carbons (Fsp3) is 0.238. The van der Waals surface area contributed by atoms with Crippen LogP contribution >= 0.6 is 15.9 Å². The highest BCUT2D eigenvalue weighted by molar-refractivity contribution is 9.10. The minimum absolute atomic E-state index is 0.0416. The van der Waals surface area contributed by atoms with Gasteiger partial charge < -0.3 is 14.8 Å². The molecule has 1 N–H and O–H groups in total. The summed E-state index contributed by atoms with van der Waals surface area (Å²) in [5, 5.41) is 2.57. The quantitative estimate of drug-likeness (QED) is 0.507. The number of nitrogens with zero attached hydrogens (tertiary/aromatic N) is 1. The molecule has 3 amide bonds. The third-order valence-electron chi connectivity index (χ3n) is 4.13. The molecule has 29 heavy (non-hydrogen) atoms. The number of rotatable bonds is 6. The Morgan fingerprint density at radius 3 is 2.52 bits per heavy atom. The molecule has 8 heteroatoms. The van der Waals surface area contributed by atoms with Gasteiger partial charge in [-0.15, -0.1) is 0 Å². The van der Waals surface area contributed by atoms with E-state index in [9.17, 15) is 14.0 Å². The molecule has 0 aliphatic carbocycles. The number of carbonyl (C=O) groups is 2. The Labute approximate surface area is 176 Å². The molecule has 3 rings (SSSR count). The summed E-state index contributed by atoms with van der Waals surface area (Å²) < 4.78 is 24.9. The van der Waals surface area contributed by atoms with Gasteiger partial charge in [0, 0.05) is 0 Å². The predicted molar refractivity (Wildman–Crippen MR) is 110 cm³/mol. The highest BCUT2D eigenvalue weighted by Gasteiger charge is 2.33. The van der Waals surface area contributed by atoms with Crippen LogP contribution in [0.5, 0.6) is 11.5 Å². The molecule has 0 radical (unpaired) electrons. The predicted octanol–water partition coefficient (Wildman–Crippen LogP) is 4.48. The van der Waals surface area contributed by atoms with E-state index >= 15 is 0 Å². The zero-order chi connectivity index (χ0) is 21.1. The van der Waals surface area contributed by atoms with Crippen molar-refractivity contribution in [3.63, 3.8) is 0 Å². The lowest BCUT2D eigenvalue weighted by Gasteiger charge is -2.16. The second kappa shape index (κ2) is 8.65. The lowest BCUT2D eigenvalue weighted by molar-refractivity contribution is -0.123. The van der Waals surface area contributed by atoms with Gasteiger partial charge in [-0.05, 0) is 71.2 Å². The van der Waals surface area contributed by atoms with E-state index in [2.05, 4.69) is 21.2 Å². The van der Waals surface area contributed by atoms with Gasteiger partial charge in [0.2, 0.25) is 0 Å². The molecule has 6 nitrogen and oxygen atoms in total. The second-order valence-corrected chi connectivity index (χ2v) is 7.56. The van der Waals surface area contributed by atoms with Crippen LogP contribution in [0.2, 0.25) is 0 Å². The summed E-state index contributed by atoms with van der Waals surface area (Å²) in [5.41, 5.74) is 1.44. The Kier molecular flexibility index (Phi) is 6.22. The zero-order valence-corrected chi connectivity index (χ0v) is 17.7. The van der Waals surface area contributed by atoms with Gasteiger partial charge in [-0.25, -0.2) is 9.18 Å². The average molecular weight is 463 g/mol. The number of benzene rings is 2. The first-order valence-electron chi connectivity index (χ1n) is 8.91. The third-order valence-corrected chi connectivity index (χ3v) is 4.72. The van der Waals surface area contributed by atoms with Gasteiger partial charge in [0.25, 0.3) is 5.91 Å². The number of hydrogen-bond donors (Lipinski definition) is 1. The van der Waals surface area contributed by atoms with Crippen molar-refractivity contribution in [2.45, 2.75) is 26.5 Å². The molecule has 1 aliphatic rings. The molecule has 1 saturated heterocycles. The minimum Gasteiger partial charge on any atom is -0.493 e. The maximum absolute atomic E-state index is 13.1. The molecule has 2 aromatic carbocycles. The number of amides is 3. The summed E-state index contributed by atoms with van der Waals surface area (Å²) in [5.74, 6) is 0.220. The van der Waals surface area contributed by atoms with Gasteiger partial charge in [-0.2, -0.15) is 0 Å². The number of carbonyl (C=O) groups excluding carboxylic acids is 2. The Hall–Kier alpha value is -2.87. The zero-order valence-electron chi connectivity index (χ0n) is 16.2. The van der Waals surface area contributed by atoms with E-state index in [1.165, 1.54) is 31.4 Å². The van der Waals surface area contributed by atoms with Crippen LogP contribution in [0.25, 0.3) is 6.08 Å². The summed E-state index contributed by atoms with van der Waals surface area (Å²) in [7, 11) is 1.53. The van der Waals surface area contributed by atoms with Crippen LogP contribution in [0.1, 0.15) is 25.0 Å². The Morgan fingerprint density at radius 2 is 1.90 bits per heavy atom. The van der Waals surface area contributed by atoms with E-state index in [1.54, 1.807) is 18.2 Å². The van der Waals surface area contributed by atoms with Crippen LogP contribution in [0.15, 0.2) is 46.6 Å². The van der Waals surface area contributed by atoms with Crippen molar-refractivity contribution in [1.82, 2.24) is 10.2 Å². The molecule has 1 aliphatic heterocycles. The van der Waals surface area contributed by atoms with Crippen molar-refractivity contribution in [1.29, 1.82) is 0 Å². The Balaban J connectivity index is 1.85. The highest BCUT2D eigenvalue weighted by atomic mass is 79.9. The van der Waals surface area contributed by atoms with E-state index < -0.39 is 11.9 Å². The highest BCUT2D eigenvalue weighted by Crippen LogP contribution is 2.38.